The van der Waals surface area contributed by atoms with E-state index in [-0.39, 0.29) is 48.3 Å². The highest BCUT2D eigenvalue weighted by Crippen LogP contribution is 2.31. The van der Waals surface area contributed by atoms with Crippen LogP contribution in [-0.4, -0.2) is 70.6 Å². The van der Waals surface area contributed by atoms with Crippen molar-refractivity contribution in [1.29, 1.82) is 0 Å². The zero-order valence-electron chi connectivity index (χ0n) is 21.0. The van der Waals surface area contributed by atoms with Crippen LogP contribution in [0.5, 0.6) is 5.88 Å². The zero-order chi connectivity index (χ0) is 24.9. The van der Waals surface area contributed by atoms with Crippen LogP contribution in [-0.2, 0) is 4.79 Å². The van der Waals surface area contributed by atoms with Crippen LogP contribution in [0.4, 0.5) is 0 Å². The minimum Gasteiger partial charge on any atom is -0.472 e. The number of ether oxygens (including phenoxy) is 1. The SMILES string of the molecule is C[C@H]1CN([C@@H](C)CO)C(=O)c2cc(-c3ccccc3)cnc2O[C@H]1CN(C)C(=O)C1CCCCC1. The molecule has 35 heavy (non-hydrogen) atoms. The van der Waals surface area contributed by atoms with Crippen molar-refractivity contribution >= 4 is 11.8 Å². The second-order valence-electron chi connectivity index (χ2n) is 10.1. The van der Waals surface area contributed by atoms with Crippen LogP contribution < -0.4 is 4.74 Å². The third kappa shape index (κ3) is 5.67. The summed E-state index contributed by atoms with van der Waals surface area (Å²) < 4.78 is 6.37. The normalized spacial score (nSPS) is 21.9. The molecular weight excluding hydrogens is 442 g/mol. The number of fused-ring (bicyclic) bond motifs is 1. The molecule has 1 aromatic carbocycles. The van der Waals surface area contributed by atoms with E-state index < -0.39 is 0 Å². The Kier molecular flexibility index (Phi) is 8.06. The summed E-state index contributed by atoms with van der Waals surface area (Å²) in [6.45, 7) is 4.58. The minimum atomic E-state index is -0.349. The highest BCUT2D eigenvalue weighted by molar-refractivity contribution is 5.98. The molecule has 7 heteroatoms. The van der Waals surface area contributed by atoms with Gasteiger partial charge in [-0.05, 0) is 31.4 Å². The lowest BCUT2D eigenvalue weighted by Gasteiger charge is -2.38. The molecule has 1 aromatic heterocycles. The number of amides is 2. The largest absolute Gasteiger partial charge is 0.472 e. The lowest BCUT2D eigenvalue weighted by Crippen LogP contribution is -2.51. The molecular formula is C28H37N3O4. The number of nitrogens with zero attached hydrogens (tertiary/aromatic N) is 3. The van der Waals surface area contributed by atoms with Gasteiger partial charge in [-0.1, -0.05) is 56.5 Å². The molecule has 4 rings (SSSR count). The van der Waals surface area contributed by atoms with Crippen LogP contribution in [0.15, 0.2) is 42.6 Å². The number of carbonyl (C=O) groups is 2. The second-order valence-corrected chi connectivity index (χ2v) is 10.1. The maximum Gasteiger partial charge on any atom is 0.259 e. The summed E-state index contributed by atoms with van der Waals surface area (Å²) in [5.41, 5.74) is 2.17. The van der Waals surface area contributed by atoms with Crippen LogP contribution in [0.3, 0.4) is 0 Å². The average molecular weight is 480 g/mol. The highest BCUT2D eigenvalue weighted by Gasteiger charge is 2.35. The molecule has 0 radical (unpaired) electrons. The molecule has 3 atom stereocenters. The van der Waals surface area contributed by atoms with E-state index >= 15 is 0 Å². The molecule has 0 spiro atoms. The Labute approximate surface area is 208 Å². The molecule has 0 unspecified atom stereocenters. The van der Waals surface area contributed by atoms with Crippen molar-refractivity contribution in [3.05, 3.63) is 48.2 Å². The standard InChI is InChI=1S/C28H37N3O4/c1-19-16-31(20(2)18-32)28(34)24-14-23(21-10-6-4-7-11-21)15-29-26(24)35-25(19)17-30(3)27(33)22-12-8-5-9-13-22/h4,6-7,10-11,14-15,19-20,22,25,32H,5,8-9,12-13,16-18H2,1-3H3/t19-,20-,25-/m0/s1. The highest BCUT2D eigenvalue weighted by atomic mass is 16.5. The number of hydrogen-bond donors (Lipinski definition) is 1. The van der Waals surface area contributed by atoms with Gasteiger partial charge in [-0.25, -0.2) is 4.98 Å². The topological polar surface area (TPSA) is 83.0 Å². The van der Waals surface area contributed by atoms with Gasteiger partial charge in [0.15, 0.2) is 0 Å². The molecule has 1 aliphatic heterocycles. The van der Waals surface area contributed by atoms with Crippen LogP contribution >= 0.6 is 0 Å². The Balaban J connectivity index is 1.64. The van der Waals surface area contributed by atoms with Crippen LogP contribution in [0.25, 0.3) is 11.1 Å². The lowest BCUT2D eigenvalue weighted by molar-refractivity contribution is -0.136. The third-order valence-electron chi connectivity index (χ3n) is 7.41. The van der Waals surface area contributed by atoms with Crippen molar-refractivity contribution in [3.63, 3.8) is 0 Å². The van der Waals surface area contributed by atoms with Gasteiger partial charge in [0.05, 0.1) is 19.2 Å². The number of benzene rings is 1. The molecule has 1 fully saturated rings. The van der Waals surface area contributed by atoms with Crippen LogP contribution in [0.1, 0.15) is 56.3 Å². The molecule has 0 bridgehead atoms. The average Bonchev–Trinajstić information content (AvgIpc) is 2.90. The fourth-order valence-electron chi connectivity index (χ4n) is 5.13. The van der Waals surface area contributed by atoms with Gasteiger partial charge in [0, 0.05) is 37.2 Å². The Morgan fingerprint density at radius 1 is 1.20 bits per heavy atom. The van der Waals surface area contributed by atoms with E-state index in [4.69, 9.17) is 4.74 Å². The van der Waals surface area contributed by atoms with Gasteiger partial charge in [-0.15, -0.1) is 0 Å². The molecule has 188 valence electrons. The zero-order valence-corrected chi connectivity index (χ0v) is 21.0. The van der Waals surface area contributed by atoms with Crippen LogP contribution in [0, 0.1) is 11.8 Å². The van der Waals surface area contributed by atoms with E-state index in [2.05, 4.69) is 4.98 Å². The quantitative estimate of drug-likeness (QED) is 0.677. The third-order valence-corrected chi connectivity index (χ3v) is 7.41. The molecule has 2 aliphatic rings. The van der Waals surface area contributed by atoms with E-state index in [0.29, 0.717) is 18.7 Å². The number of hydrogen-bond acceptors (Lipinski definition) is 5. The van der Waals surface area contributed by atoms with Crippen molar-refractivity contribution in [2.45, 2.75) is 58.1 Å². The number of rotatable bonds is 6. The van der Waals surface area contributed by atoms with Gasteiger partial charge in [0.1, 0.15) is 11.7 Å². The molecule has 1 N–H and O–H groups in total. The summed E-state index contributed by atoms with van der Waals surface area (Å²) in [4.78, 5) is 34.8. The summed E-state index contributed by atoms with van der Waals surface area (Å²) in [7, 11) is 1.85. The van der Waals surface area contributed by atoms with Gasteiger partial charge in [0.25, 0.3) is 5.91 Å². The lowest BCUT2D eigenvalue weighted by atomic mass is 9.88. The Morgan fingerprint density at radius 3 is 2.60 bits per heavy atom. The number of aromatic nitrogens is 1. The molecule has 2 aromatic rings. The molecule has 2 amide bonds. The summed E-state index contributed by atoms with van der Waals surface area (Å²) in [5, 5.41) is 9.87. The Hall–Kier alpha value is -2.93. The predicted octanol–water partition coefficient (Wildman–Crippen LogP) is 4.01. The van der Waals surface area contributed by atoms with Crippen molar-refractivity contribution in [2.75, 3.05) is 26.7 Å². The van der Waals surface area contributed by atoms with E-state index in [0.717, 1.165) is 36.8 Å². The van der Waals surface area contributed by atoms with Crippen molar-refractivity contribution in [2.24, 2.45) is 11.8 Å². The number of likely N-dealkylation sites (N-methyl/N-ethyl adjacent to an activating group) is 1. The van der Waals surface area contributed by atoms with Gasteiger partial charge in [-0.3, -0.25) is 9.59 Å². The fraction of sp³-hybridized carbons (Fsp3) is 0.536. The van der Waals surface area contributed by atoms with E-state index in [1.807, 2.05) is 57.3 Å². The van der Waals surface area contributed by atoms with Gasteiger partial charge < -0.3 is 19.6 Å². The number of carbonyl (C=O) groups excluding carboxylic acids is 2. The number of pyridine rings is 1. The minimum absolute atomic E-state index is 0.0571. The van der Waals surface area contributed by atoms with Crippen LogP contribution in [0.2, 0.25) is 0 Å². The van der Waals surface area contributed by atoms with Crippen molar-refractivity contribution < 1.29 is 19.4 Å². The molecule has 1 saturated carbocycles. The molecule has 2 heterocycles. The Bertz CT molecular complexity index is 1020. The predicted molar refractivity (Wildman–Crippen MR) is 135 cm³/mol. The van der Waals surface area contributed by atoms with E-state index in [9.17, 15) is 14.7 Å². The van der Waals surface area contributed by atoms with Crippen molar-refractivity contribution in [1.82, 2.24) is 14.8 Å². The smallest absolute Gasteiger partial charge is 0.259 e. The number of aliphatic hydroxyl groups excluding tert-OH is 1. The summed E-state index contributed by atoms with van der Waals surface area (Å²) in [6.07, 6.45) is 6.72. The van der Waals surface area contributed by atoms with Gasteiger partial charge in [-0.2, -0.15) is 0 Å². The maximum absolute atomic E-state index is 13.6. The first-order valence-corrected chi connectivity index (χ1v) is 12.8. The Morgan fingerprint density at radius 2 is 1.91 bits per heavy atom. The second kappa shape index (κ2) is 11.2. The summed E-state index contributed by atoms with van der Waals surface area (Å²) in [6, 6.07) is 11.3. The summed E-state index contributed by atoms with van der Waals surface area (Å²) in [5.74, 6) is 0.276. The summed E-state index contributed by atoms with van der Waals surface area (Å²) >= 11 is 0. The van der Waals surface area contributed by atoms with Crippen molar-refractivity contribution in [3.8, 4) is 17.0 Å². The van der Waals surface area contributed by atoms with E-state index in [1.165, 1.54) is 6.42 Å². The fourth-order valence-corrected chi connectivity index (χ4v) is 5.13. The molecule has 1 aliphatic carbocycles. The first-order chi connectivity index (χ1) is 16.9. The molecule has 7 nitrogen and oxygen atoms in total. The first kappa shape index (κ1) is 25.2. The van der Waals surface area contributed by atoms with E-state index in [1.54, 1.807) is 16.0 Å². The first-order valence-electron chi connectivity index (χ1n) is 12.8. The monoisotopic (exact) mass is 479 g/mol. The van der Waals surface area contributed by atoms with Gasteiger partial charge >= 0.3 is 0 Å². The number of aliphatic hydroxyl groups is 1. The molecule has 0 saturated heterocycles. The van der Waals surface area contributed by atoms with Gasteiger partial charge in [0.2, 0.25) is 11.8 Å². The maximum atomic E-state index is 13.6.